The smallest absolute Gasteiger partial charge is 0.266 e. The van der Waals surface area contributed by atoms with Gasteiger partial charge in [0.2, 0.25) is 0 Å². The molecule has 0 spiro atoms. The zero-order valence-corrected chi connectivity index (χ0v) is 12.4. The van der Waals surface area contributed by atoms with E-state index >= 15 is 0 Å². The summed E-state index contributed by atoms with van der Waals surface area (Å²) in [7, 11) is 0. The summed E-state index contributed by atoms with van der Waals surface area (Å²) in [6, 6.07) is 11.8. The molecule has 0 radical (unpaired) electrons. The summed E-state index contributed by atoms with van der Waals surface area (Å²) in [6.07, 6.45) is 1.37. The first-order valence-electron chi connectivity index (χ1n) is 5.52. The SMILES string of the molecule is N#C/C(=C\c1ccc(Br)o1)C(=O)Nc1cccc(Cl)c1. The number of amides is 1. The van der Waals surface area contributed by atoms with Crippen LogP contribution in [0.2, 0.25) is 5.02 Å². The van der Waals surface area contributed by atoms with Gasteiger partial charge in [0.1, 0.15) is 17.4 Å². The van der Waals surface area contributed by atoms with Crippen molar-refractivity contribution in [1.29, 1.82) is 5.26 Å². The third kappa shape index (κ3) is 3.73. The Labute approximate surface area is 128 Å². The predicted molar refractivity (Wildman–Crippen MR) is 80.1 cm³/mol. The van der Waals surface area contributed by atoms with Crippen LogP contribution in [0.15, 0.2) is 51.1 Å². The Morgan fingerprint density at radius 2 is 2.20 bits per heavy atom. The fraction of sp³-hybridized carbons (Fsp3) is 0. The van der Waals surface area contributed by atoms with E-state index in [9.17, 15) is 4.79 Å². The molecule has 1 heterocycles. The summed E-state index contributed by atoms with van der Waals surface area (Å²) in [5.74, 6) is -0.114. The van der Waals surface area contributed by atoms with Gasteiger partial charge in [0, 0.05) is 16.8 Å². The molecule has 0 unspecified atom stereocenters. The summed E-state index contributed by atoms with van der Waals surface area (Å²) in [4.78, 5) is 12.0. The van der Waals surface area contributed by atoms with Gasteiger partial charge in [-0.1, -0.05) is 17.7 Å². The van der Waals surface area contributed by atoms with Crippen molar-refractivity contribution < 1.29 is 9.21 Å². The van der Waals surface area contributed by atoms with Crippen LogP contribution in [0.5, 0.6) is 0 Å². The second-order valence-corrected chi connectivity index (χ2v) is 4.99. The van der Waals surface area contributed by atoms with Crippen molar-refractivity contribution >= 4 is 45.2 Å². The number of nitriles is 1. The number of carbonyl (C=O) groups excluding carboxylic acids is 1. The third-order valence-electron chi connectivity index (χ3n) is 2.33. The van der Waals surface area contributed by atoms with Crippen molar-refractivity contribution in [1.82, 2.24) is 0 Å². The Bertz CT molecular complexity index is 716. The zero-order valence-electron chi connectivity index (χ0n) is 10.1. The minimum Gasteiger partial charge on any atom is -0.450 e. The number of anilines is 1. The molecular weight excluding hydrogens is 344 g/mol. The second-order valence-electron chi connectivity index (χ2n) is 3.78. The average molecular weight is 352 g/mol. The van der Waals surface area contributed by atoms with Gasteiger partial charge in [-0.05, 0) is 46.3 Å². The van der Waals surface area contributed by atoms with Gasteiger partial charge in [-0.3, -0.25) is 4.79 Å². The highest BCUT2D eigenvalue weighted by molar-refractivity contribution is 9.10. The number of benzene rings is 1. The molecular formula is C14H8BrClN2O2. The van der Waals surface area contributed by atoms with Crippen LogP contribution in [0.25, 0.3) is 6.08 Å². The third-order valence-corrected chi connectivity index (χ3v) is 2.99. The lowest BCUT2D eigenvalue weighted by Crippen LogP contribution is -2.13. The van der Waals surface area contributed by atoms with Crippen molar-refractivity contribution in [2.45, 2.75) is 0 Å². The number of nitrogens with zero attached hydrogens (tertiary/aromatic N) is 1. The largest absolute Gasteiger partial charge is 0.450 e. The fourth-order valence-corrected chi connectivity index (χ4v) is 1.97. The number of carbonyl (C=O) groups is 1. The monoisotopic (exact) mass is 350 g/mol. The molecule has 0 bridgehead atoms. The lowest BCUT2D eigenvalue weighted by atomic mass is 10.2. The molecule has 6 heteroatoms. The van der Waals surface area contributed by atoms with Gasteiger partial charge in [0.05, 0.1) is 0 Å². The van der Waals surface area contributed by atoms with Gasteiger partial charge >= 0.3 is 0 Å². The maximum atomic E-state index is 12.0. The van der Waals surface area contributed by atoms with E-state index in [0.29, 0.717) is 21.1 Å². The topological polar surface area (TPSA) is 66.0 Å². The van der Waals surface area contributed by atoms with Gasteiger partial charge in [-0.25, -0.2) is 0 Å². The Hall–Kier alpha value is -2.03. The van der Waals surface area contributed by atoms with E-state index in [2.05, 4.69) is 21.2 Å². The Morgan fingerprint density at radius 3 is 2.80 bits per heavy atom. The molecule has 0 aliphatic carbocycles. The number of halogens is 2. The highest BCUT2D eigenvalue weighted by Gasteiger charge is 2.10. The molecule has 1 aromatic heterocycles. The predicted octanol–water partition coefficient (Wildman–Crippen LogP) is 4.24. The van der Waals surface area contributed by atoms with Crippen LogP contribution in [-0.2, 0) is 4.79 Å². The van der Waals surface area contributed by atoms with Crippen LogP contribution in [-0.4, -0.2) is 5.91 Å². The Morgan fingerprint density at radius 1 is 1.40 bits per heavy atom. The van der Waals surface area contributed by atoms with Crippen LogP contribution in [0, 0.1) is 11.3 Å². The molecule has 4 nitrogen and oxygen atoms in total. The Balaban J connectivity index is 2.18. The molecule has 0 aliphatic rings. The molecule has 1 aromatic carbocycles. The van der Waals surface area contributed by atoms with Gasteiger partial charge in [-0.2, -0.15) is 5.26 Å². The summed E-state index contributed by atoms with van der Waals surface area (Å²) in [6.45, 7) is 0. The molecule has 0 saturated carbocycles. The number of hydrogen-bond acceptors (Lipinski definition) is 3. The molecule has 0 aliphatic heterocycles. The normalized spacial score (nSPS) is 10.9. The molecule has 20 heavy (non-hydrogen) atoms. The molecule has 100 valence electrons. The van der Waals surface area contributed by atoms with Gasteiger partial charge in [-0.15, -0.1) is 0 Å². The molecule has 2 rings (SSSR count). The van der Waals surface area contributed by atoms with E-state index in [1.54, 1.807) is 36.4 Å². The molecule has 0 fully saturated rings. The van der Waals surface area contributed by atoms with Gasteiger partial charge in [0.15, 0.2) is 4.67 Å². The lowest BCUT2D eigenvalue weighted by molar-refractivity contribution is -0.112. The zero-order chi connectivity index (χ0) is 14.5. The summed E-state index contributed by atoms with van der Waals surface area (Å²) in [5.41, 5.74) is 0.455. The van der Waals surface area contributed by atoms with Crippen LogP contribution >= 0.6 is 27.5 Å². The van der Waals surface area contributed by atoms with Crippen molar-refractivity contribution in [3.8, 4) is 6.07 Å². The maximum Gasteiger partial charge on any atom is 0.266 e. The fourth-order valence-electron chi connectivity index (χ4n) is 1.46. The first-order chi connectivity index (χ1) is 9.58. The first-order valence-corrected chi connectivity index (χ1v) is 6.69. The standard InChI is InChI=1S/C14H8BrClN2O2/c15-13-5-4-12(20-13)6-9(8-17)14(19)18-11-3-1-2-10(16)7-11/h1-7H,(H,18,19)/b9-6+. The first kappa shape index (κ1) is 14.4. The molecule has 1 N–H and O–H groups in total. The van der Waals surface area contributed by atoms with E-state index in [1.165, 1.54) is 6.08 Å². The number of hydrogen-bond donors (Lipinski definition) is 1. The van der Waals surface area contributed by atoms with Gasteiger partial charge in [0.25, 0.3) is 5.91 Å². The highest BCUT2D eigenvalue weighted by Crippen LogP contribution is 2.18. The molecule has 0 atom stereocenters. The second kappa shape index (κ2) is 6.42. The highest BCUT2D eigenvalue weighted by atomic mass is 79.9. The molecule has 1 amide bonds. The summed E-state index contributed by atoms with van der Waals surface area (Å²) < 4.78 is 5.75. The van der Waals surface area contributed by atoms with Crippen molar-refractivity contribution in [2.75, 3.05) is 5.32 Å². The number of furan rings is 1. The number of nitrogens with one attached hydrogen (secondary N) is 1. The minimum absolute atomic E-state index is 0.0631. The van der Waals surface area contributed by atoms with E-state index in [-0.39, 0.29) is 5.57 Å². The summed E-state index contributed by atoms with van der Waals surface area (Å²) >= 11 is 8.97. The van der Waals surface area contributed by atoms with Gasteiger partial charge < -0.3 is 9.73 Å². The van der Waals surface area contributed by atoms with E-state index < -0.39 is 5.91 Å². The van der Waals surface area contributed by atoms with Crippen LogP contribution in [0.4, 0.5) is 5.69 Å². The summed E-state index contributed by atoms with van der Waals surface area (Å²) in [5, 5.41) is 12.1. The Kier molecular flexibility index (Phi) is 4.61. The van der Waals surface area contributed by atoms with Crippen LogP contribution < -0.4 is 5.32 Å². The van der Waals surface area contributed by atoms with Crippen molar-refractivity contribution in [3.05, 3.63) is 57.4 Å². The molecule has 0 saturated heterocycles. The van der Waals surface area contributed by atoms with Crippen molar-refractivity contribution in [2.24, 2.45) is 0 Å². The van der Waals surface area contributed by atoms with E-state index in [0.717, 1.165) is 0 Å². The lowest BCUT2D eigenvalue weighted by Gasteiger charge is -2.04. The average Bonchev–Trinajstić information content (AvgIpc) is 2.81. The van der Waals surface area contributed by atoms with E-state index in [1.807, 2.05) is 6.07 Å². The minimum atomic E-state index is -0.526. The van der Waals surface area contributed by atoms with Crippen molar-refractivity contribution in [3.63, 3.8) is 0 Å². The van der Waals surface area contributed by atoms with E-state index in [4.69, 9.17) is 21.3 Å². The maximum absolute atomic E-state index is 12.0. The van der Waals surface area contributed by atoms with Crippen LogP contribution in [0.3, 0.4) is 0 Å². The number of rotatable bonds is 3. The quantitative estimate of drug-likeness (QED) is 0.664. The molecule has 2 aromatic rings. The van der Waals surface area contributed by atoms with Crippen LogP contribution in [0.1, 0.15) is 5.76 Å².